The van der Waals surface area contributed by atoms with Crippen molar-refractivity contribution in [2.45, 2.75) is 6.42 Å². The van der Waals surface area contributed by atoms with Crippen molar-refractivity contribution in [2.24, 2.45) is 0 Å². The predicted molar refractivity (Wildman–Crippen MR) is 108 cm³/mol. The van der Waals surface area contributed by atoms with E-state index >= 15 is 0 Å². The second-order valence-electron chi connectivity index (χ2n) is 5.81. The van der Waals surface area contributed by atoms with Gasteiger partial charge in [-0.1, -0.05) is 35.3 Å². The number of hydrogen-bond acceptors (Lipinski definition) is 4. The number of benzene rings is 2. The molecule has 0 fully saturated rings. The molecule has 0 unspecified atom stereocenters. The third kappa shape index (κ3) is 6.30. The Morgan fingerprint density at radius 2 is 1.81 bits per heavy atom. The van der Waals surface area contributed by atoms with E-state index in [2.05, 4.69) is 5.32 Å². The Labute approximate surface area is 169 Å². The molecule has 0 radical (unpaired) electrons. The monoisotopic (exact) mass is 430 g/mol. The van der Waals surface area contributed by atoms with E-state index in [1.54, 1.807) is 13.2 Å². The van der Waals surface area contributed by atoms with Gasteiger partial charge in [-0.3, -0.25) is 9.10 Å². The average molecular weight is 431 g/mol. The molecule has 1 amide bonds. The number of hydrogen-bond donors (Lipinski definition) is 1. The summed E-state index contributed by atoms with van der Waals surface area (Å²) >= 11 is 12.0. The van der Waals surface area contributed by atoms with Crippen molar-refractivity contribution in [1.82, 2.24) is 5.32 Å². The molecule has 0 saturated carbocycles. The Morgan fingerprint density at radius 3 is 2.41 bits per heavy atom. The van der Waals surface area contributed by atoms with Crippen LogP contribution in [0.25, 0.3) is 0 Å². The second kappa shape index (κ2) is 9.30. The van der Waals surface area contributed by atoms with Gasteiger partial charge in [0.15, 0.2) is 0 Å². The Hall–Kier alpha value is -1.96. The summed E-state index contributed by atoms with van der Waals surface area (Å²) in [4.78, 5) is 12.2. The lowest BCUT2D eigenvalue weighted by Crippen LogP contribution is -2.41. The van der Waals surface area contributed by atoms with Gasteiger partial charge in [-0.2, -0.15) is 0 Å². The number of nitrogens with zero attached hydrogens (tertiary/aromatic N) is 1. The molecular weight excluding hydrogens is 411 g/mol. The fraction of sp³-hybridized carbons (Fsp3) is 0.278. The highest BCUT2D eigenvalue weighted by atomic mass is 35.5. The lowest BCUT2D eigenvalue weighted by atomic mass is 10.1. The van der Waals surface area contributed by atoms with Crippen LogP contribution in [0.2, 0.25) is 10.0 Å². The van der Waals surface area contributed by atoms with Crippen LogP contribution in [0.15, 0.2) is 42.5 Å². The first-order chi connectivity index (χ1) is 12.7. The molecule has 0 aliphatic rings. The van der Waals surface area contributed by atoms with Crippen LogP contribution >= 0.6 is 23.2 Å². The molecule has 0 spiro atoms. The van der Waals surface area contributed by atoms with Gasteiger partial charge in [-0.25, -0.2) is 8.42 Å². The summed E-state index contributed by atoms with van der Waals surface area (Å²) in [5, 5.41) is 3.23. The van der Waals surface area contributed by atoms with Gasteiger partial charge in [0.05, 0.1) is 24.1 Å². The van der Waals surface area contributed by atoms with E-state index in [4.69, 9.17) is 27.9 Å². The van der Waals surface area contributed by atoms with Crippen LogP contribution in [0.3, 0.4) is 0 Å². The van der Waals surface area contributed by atoms with Gasteiger partial charge in [-0.05, 0) is 42.3 Å². The number of nitrogens with one attached hydrogen (secondary N) is 1. The van der Waals surface area contributed by atoms with Crippen molar-refractivity contribution < 1.29 is 17.9 Å². The largest absolute Gasteiger partial charge is 0.497 e. The summed E-state index contributed by atoms with van der Waals surface area (Å²) < 4.78 is 30.3. The van der Waals surface area contributed by atoms with Gasteiger partial charge < -0.3 is 10.1 Å². The smallest absolute Gasteiger partial charge is 0.240 e. The lowest BCUT2D eigenvalue weighted by molar-refractivity contribution is -0.119. The van der Waals surface area contributed by atoms with E-state index < -0.39 is 15.9 Å². The number of carbonyl (C=O) groups excluding carboxylic acids is 1. The molecule has 0 saturated heterocycles. The molecule has 2 aromatic carbocycles. The number of halogens is 2. The summed E-state index contributed by atoms with van der Waals surface area (Å²) in [6.45, 7) is -0.0203. The number of rotatable bonds is 8. The van der Waals surface area contributed by atoms with Gasteiger partial charge in [0.1, 0.15) is 12.3 Å². The standard InChI is InChI=1S/C18H20Cl2N2O4S/c1-26-15-6-3-13(4-7-15)9-10-21-18(23)12-22(27(2,24)25)17-11-14(19)5-8-16(17)20/h3-8,11H,9-10,12H2,1-2H3,(H,21,23). The van der Waals surface area contributed by atoms with Gasteiger partial charge in [0.25, 0.3) is 0 Å². The summed E-state index contributed by atoms with van der Waals surface area (Å²) in [6, 6.07) is 11.9. The molecule has 0 atom stereocenters. The van der Waals surface area contributed by atoms with Crippen LogP contribution in [0, 0.1) is 0 Å². The van der Waals surface area contributed by atoms with Crippen LogP contribution in [0.5, 0.6) is 5.75 Å². The molecule has 146 valence electrons. The first kappa shape index (κ1) is 21.3. The Kier molecular flexibility index (Phi) is 7.35. The molecule has 0 aliphatic carbocycles. The van der Waals surface area contributed by atoms with E-state index in [0.29, 0.717) is 18.0 Å². The Morgan fingerprint density at radius 1 is 1.15 bits per heavy atom. The maximum Gasteiger partial charge on any atom is 0.240 e. The predicted octanol–water partition coefficient (Wildman–Crippen LogP) is 3.13. The lowest BCUT2D eigenvalue weighted by Gasteiger charge is -2.23. The highest BCUT2D eigenvalue weighted by Gasteiger charge is 2.23. The van der Waals surface area contributed by atoms with Crippen molar-refractivity contribution in [3.8, 4) is 5.75 Å². The molecule has 0 bridgehead atoms. The summed E-state index contributed by atoms with van der Waals surface area (Å²) in [7, 11) is -2.13. The normalized spacial score (nSPS) is 11.1. The fourth-order valence-corrected chi connectivity index (χ4v) is 3.68. The van der Waals surface area contributed by atoms with Crippen LogP contribution < -0.4 is 14.4 Å². The summed E-state index contributed by atoms with van der Waals surface area (Å²) in [5.41, 5.74) is 1.19. The van der Waals surface area contributed by atoms with E-state index in [1.807, 2.05) is 24.3 Å². The number of methoxy groups -OCH3 is 1. The van der Waals surface area contributed by atoms with Crippen molar-refractivity contribution >= 4 is 44.8 Å². The molecular formula is C18H20Cl2N2O4S. The number of amides is 1. The second-order valence-corrected chi connectivity index (χ2v) is 8.56. The number of anilines is 1. The van der Waals surface area contributed by atoms with Crippen LogP contribution in [0.1, 0.15) is 5.56 Å². The molecule has 1 N–H and O–H groups in total. The molecule has 9 heteroatoms. The molecule has 0 aromatic heterocycles. The molecule has 2 rings (SSSR count). The van der Waals surface area contributed by atoms with E-state index in [9.17, 15) is 13.2 Å². The van der Waals surface area contributed by atoms with Crippen molar-refractivity contribution in [2.75, 3.05) is 30.8 Å². The molecule has 27 heavy (non-hydrogen) atoms. The first-order valence-electron chi connectivity index (χ1n) is 8.03. The number of ether oxygens (including phenoxy) is 1. The van der Waals surface area contributed by atoms with Crippen molar-refractivity contribution in [1.29, 1.82) is 0 Å². The third-order valence-corrected chi connectivity index (χ3v) is 5.44. The SMILES string of the molecule is COc1ccc(CCNC(=O)CN(c2cc(Cl)ccc2Cl)S(C)(=O)=O)cc1. The van der Waals surface area contributed by atoms with E-state index in [1.165, 1.54) is 12.1 Å². The van der Waals surface area contributed by atoms with Crippen LogP contribution in [-0.4, -0.2) is 40.8 Å². The molecule has 6 nitrogen and oxygen atoms in total. The third-order valence-electron chi connectivity index (χ3n) is 3.76. The minimum Gasteiger partial charge on any atom is -0.497 e. The van der Waals surface area contributed by atoms with Gasteiger partial charge in [-0.15, -0.1) is 0 Å². The zero-order valence-corrected chi connectivity index (χ0v) is 17.2. The minimum absolute atomic E-state index is 0.164. The van der Waals surface area contributed by atoms with Crippen molar-refractivity contribution in [3.63, 3.8) is 0 Å². The zero-order valence-electron chi connectivity index (χ0n) is 14.9. The van der Waals surface area contributed by atoms with Crippen LogP contribution in [-0.2, 0) is 21.2 Å². The number of carbonyl (C=O) groups is 1. The fourth-order valence-electron chi connectivity index (χ4n) is 2.38. The van der Waals surface area contributed by atoms with Gasteiger partial charge >= 0.3 is 0 Å². The molecule has 0 aliphatic heterocycles. The minimum atomic E-state index is -3.72. The summed E-state index contributed by atoms with van der Waals surface area (Å²) in [5.74, 6) is 0.315. The van der Waals surface area contributed by atoms with Crippen molar-refractivity contribution in [3.05, 3.63) is 58.1 Å². The molecule has 0 heterocycles. The topological polar surface area (TPSA) is 75.7 Å². The maximum atomic E-state index is 12.2. The quantitative estimate of drug-likeness (QED) is 0.697. The van der Waals surface area contributed by atoms with Gasteiger partial charge in [0, 0.05) is 11.6 Å². The Balaban J connectivity index is 2.00. The highest BCUT2D eigenvalue weighted by Crippen LogP contribution is 2.30. The van der Waals surface area contributed by atoms with E-state index in [0.717, 1.165) is 21.9 Å². The van der Waals surface area contributed by atoms with Crippen LogP contribution in [0.4, 0.5) is 5.69 Å². The van der Waals surface area contributed by atoms with E-state index in [-0.39, 0.29) is 17.3 Å². The Bertz CT molecular complexity index is 902. The highest BCUT2D eigenvalue weighted by molar-refractivity contribution is 7.92. The molecule has 2 aromatic rings. The average Bonchev–Trinajstić information content (AvgIpc) is 2.61. The summed E-state index contributed by atoms with van der Waals surface area (Å²) in [6.07, 6.45) is 1.61. The zero-order chi connectivity index (χ0) is 20.0. The number of sulfonamides is 1. The maximum absolute atomic E-state index is 12.2. The first-order valence-corrected chi connectivity index (χ1v) is 10.6. The van der Waals surface area contributed by atoms with Gasteiger partial charge in [0.2, 0.25) is 15.9 Å².